The van der Waals surface area contributed by atoms with Crippen molar-refractivity contribution < 1.29 is 14.4 Å². The molecule has 6 heteroatoms. The number of urea groups is 1. The number of carbonyl (C=O) groups excluding carboxylic acids is 3. The molecule has 1 heterocycles. The van der Waals surface area contributed by atoms with Crippen molar-refractivity contribution in [1.29, 1.82) is 0 Å². The molecule has 2 aromatic carbocycles. The van der Waals surface area contributed by atoms with Crippen molar-refractivity contribution in [2.24, 2.45) is 5.92 Å². The monoisotopic (exact) mass is 328 g/mol. The number of nitrogens with zero attached hydrogens (tertiary/aromatic N) is 1. The lowest BCUT2D eigenvalue weighted by Gasteiger charge is -2.30. The van der Waals surface area contributed by atoms with Gasteiger partial charge in [-0.2, -0.15) is 0 Å². The van der Waals surface area contributed by atoms with Gasteiger partial charge in [0.15, 0.2) is 0 Å². The first-order valence-electron chi connectivity index (χ1n) is 7.04. The smallest absolute Gasteiger partial charge is 0.277 e. The lowest BCUT2D eigenvalue weighted by atomic mass is 9.95. The van der Waals surface area contributed by atoms with Gasteiger partial charge in [0.25, 0.3) is 0 Å². The van der Waals surface area contributed by atoms with Gasteiger partial charge in [0.2, 0.25) is 11.8 Å². The minimum atomic E-state index is -0.950. The van der Waals surface area contributed by atoms with E-state index in [1.54, 1.807) is 54.6 Å². The van der Waals surface area contributed by atoms with Crippen LogP contribution in [0.1, 0.15) is 5.56 Å². The summed E-state index contributed by atoms with van der Waals surface area (Å²) in [6.07, 6.45) is 0.207. The lowest BCUT2D eigenvalue weighted by molar-refractivity contribution is -0.134. The molecule has 1 aliphatic heterocycles. The van der Waals surface area contributed by atoms with E-state index in [1.807, 2.05) is 0 Å². The highest BCUT2D eigenvalue weighted by Gasteiger charge is 2.41. The summed E-state index contributed by atoms with van der Waals surface area (Å²) in [5.41, 5.74) is 1.23. The number of rotatable bonds is 3. The van der Waals surface area contributed by atoms with E-state index in [2.05, 4.69) is 5.32 Å². The molecule has 2 aromatic rings. The molecular formula is C17H13ClN2O3. The molecule has 0 unspecified atom stereocenters. The highest BCUT2D eigenvalue weighted by molar-refractivity contribution is 6.30. The Morgan fingerprint density at radius 3 is 2.26 bits per heavy atom. The van der Waals surface area contributed by atoms with Crippen molar-refractivity contribution in [3.05, 3.63) is 65.2 Å². The molecule has 0 saturated carbocycles. The zero-order valence-electron chi connectivity index (χ0n) is 12.0. The predicted molar refractivity (Wildman–Crippen MR) is 86.1 cm³/mol. The van der Waals surface area contributed by atoms with Gasteiger partial charge >= 0.3 is 6.03 Å². The lowest BCUT2D eigenvalue weighted by Crippen LogP contribution is -2.58. The van der Waals surface area contributed by atoms with Crippen molar-refractivity contribution in [3.63, 3.8) is 0 Å². The molecule has 23 heavy (non-hydrogen) atoms. The molecule has 1 N–H and O–H groups in total. The van der Waals surface area contributed by atoms with Gasteiger partial charge in [0.05, 0.1) is 5.69 Å². The second-order valence-electron chi connectivity index (χ2n) is 5.19. The molecule has 1 aliphatic rings. The topological polar surface area (TPSA) is 66.5 Å². The summed E-state index contributed by atoms with van der Waals surface area (Å²) in [6, 6.07) is 14.7. The van der Waals surface area contributed by atoms with E-state index in [-0.39, 0.29) is 6.42 Å². The highest BCUT2D eigenvalue weighted by atomic mass is 35.5. The fourth-order valence-corrected chi connectivity index (χ4v) is 2.60. The van der Waals surface area contributed by atoms with Crippen LogP contribution in [-0.2, 0) is 16.0 Å². The van der Waals surface area contributed by atoms with E-state index >= 15 is 0 Å². The highest BCUT2D eigenvalue weighted by Crippen LogP contribution is 2.23. The van der Waals surface area contributed by atoms with Crippen LogP contribution in [0.25, 0.3) is 0 Å². The van der Waals surface area contributed by atoms with Crippen molar-refractivity contribution in [2.45, 2.75) is 6.42 Å². The number of carbonyl (C=O) groups is 3. The molecule has 1 fully saturated rings. The fraction of sp³-hybridized carbons (Fsp3) is 0.118. The largest absolute Gasteiger partial charge is 0.335 e. The number of nitrogens with one attached hydrogen (secondary N) is 1. The maximum absolute atomic E-state index is 12.6. The molecule has 0 spiro atoms. The average Bonchev–Trinajstić information content (AvgIpc) is 2.54. The van der Waals surface area contributed by atoms with Crippen molar-refractivity contribution in [1.82, 2.24) is 5.32 Å². The standard InChI is InChI=1S/C17H13ClN2O3/c18-12-8-6-11(7-9-12)10-14-15(21)19-17(23)20(16(14)22)13-4-2-1-3-5-13/h1-9,14H,10H2,(H,19,21,23)/t14-/m0/s1. The van der Waals surface area contributed by atoms with Gasteiger partial charge in [-0.25, -0.2) is 9.69 Å². The molecule has 4 amide bonds. The Morgan fingerprint density at radius 2 is 1.61 bits per heavy atom. The Hall–Kier alpha value is -2.66. The van der Waals surface area contributed by atoms with Gasteiger partial charge in [0.1, 0.15) is 5.92 Å². The summed E-state index contributed by atoms with van der Waals surface area (Å²) in [4.78, 5) is 37.7. The Morgan fingerprint density at radius 1 is 0.957 bits per heavy atom. The third kappa shape index (κ3) is 3.10. The van der Waals surface area contributed by atoms with E-state index < -0.39 is 23.8 Å². The molecule has 0 aliphatic carbocycles. The van der Waals surface area contributed by atoms with Crippen LogP contribution in [0.4, 0.5) is 10.5 Å². The van der Waals surface area contributed by atoms with E-state index in [9.17, 15) is 14.4 Å². The summed E-state index contributed by atoms with van der Waals surface area (Å²) in [5.74, 6) is -2.06. The zero-order valence-corrected chi connectivity index (χ0v) is 12.8. The molecule has 5 nitrogen and oxygen atoms in total. The van der Waals surface area contributed by atoms with Crippen LogP contribution in [0.15, 0.2) is 54.6 Å². The summed E-state index contributed by atoms with van der Waals surface area (Å²) < 4.78 is 0. The Bertz CT molecular complexity index is 759. The van der Waals surface area contributed by atoms with E-state index in [4.69, 9.17) is 11.6 Å². The van der Waals surface area contributed by atoms with Crippen molar-refractivity contribution in [3.8, 4) is 0 Å². The Labute approximate surface area is 137 Å². The van der Waals surface area contributed by atoms with Gasteiger partial charge in [-0.3, -0.25) is 14.9 Å². The number of barbiturate groups is 1. The summed E-state index contributed by atoms with van der Waals surface area (Å²) in [6.45, 7) is 0. The average molecular weight is 329 g/mol. The Kier molecular flexibility index (Phi) is 4.12. The van der Waals surface area contributed by atoms with Crippen LogP contribution < -0.4 is 10.2 Å². The van der Waals surface area contributed by atoms with Gasteiger partial charge < -0.3 is 0 Å². The molecule has 1 atom stereocenters. The number of hydrogen-bond donors (Lipinski definition) is 1. The van der Waals surface area contributed by atoms with Gasteiger partial charge in [-0.05, 0) is 36.2 Å². The SMILES string of the molecule is O=C1NC(=O)N(c2ccccc2)C(=O)[C@H]1Cc1ccc(Cl)cc1. The van der Waals surface area contributed by atoms with Crippen LogP contribution in [0.5, 0.6) is 0 Å². The number of anilines is 1. The first-order valence-corrected chi connectivity index (χ1v) is 7.42. The van der Waals surface area contributed by atoms with Crippen LogP contribution in [-0.4, -0.2) is 17.8 Å². The van der Waals surface area contributed by atoms with Crippen LogP contribution in [0.3, 0.4) is 0 Å². The molecule has 1 saturated heterocycles. The third-order valence-electron chi connectivity index (χ3n) is 3.64. The van der Waals surface area contributed by atoms with E-state index in [1.165, 1.54) is 0 Å². The zero-order chi connectivity index (χ0) is 16.4. The number of para-hydroxylation sites is 1. The maximum Gasteiger partial charge on any atom is 0.335 e. The first kappa shape index (κ1) is 15.2. The number of benzene rings is 2. The van der Waals surface area contributed by atoms with E-state index in [0.717, 1.165) is 10.5 Å². The number of imide groups is 2. The third-order valence-corrected chi connectivity index (χ3v) is 3.89. The van der Waals surface area contributed by atoms with Gasteiger partial charge in [-0.1, -0.05) is 41.9 Å². The van der Waals surface area contributed by atoms with Gasteiger partial charge in [-0.15, -0.1) is 0 Å². The number of halogens is 1. The predicted octanol–water partition coefficient (Wildman–Crippen LogP) is 2.78. The van der Waals surface area contributed by atoms with Crippen LogP contribution >= 0.6 is 11.6 Å². The maximum atomic E-state index is 12.6. The summed E-state index contributed by atoms with van der Waals surface area (Å²) >= 11 is 5.83. The quantitative estimate of drug-likeness (QED) is 0.881. The van der Waals surface area contributed by atoms with Gasteiger partial charge in [0, 0.05) is 5.02 Å². The van der Waals surface area contributed by atoms with Crippen LogP contribution in [0.2, 0.25) is 5.02 Å². The summed E-state index contributed by atoms with van der Waals surface area (Å²) in [5, 5.41) is 2.82. The second kappa shape index (κ2) is 6.22. The molecule has 3 rings (SSSR count). The van der Waals surface area contributed by atoms with Crippen molar-refractivity contribution in [2.75, 3.05) is 4.90 Å². The van der Waals surface area contributed by atoms with Crippen LogP contribution in [0, 0.1) is 5.92 Å². The molecule has 116 valence electrons. The molecule has 0 bridgehead atoms. The second-order valence-corrected chi connectivity index (χ2v) is 5.62. The van der Waals surface area contributed by atoms with Crippen molar-refractivity contribution >= 4 is 35.1 Å². The normalized spacial score (nSPS) is 18.0. The van der Waals surface area contributed by atoms with E-state index in [0.29, 0.717) is 10.7 Å². The molecule has 0 aromatic heterocycles. The minimum absolute atomic E-state index is 0.207. The minimum Gasteiger partial charge on any atom is -0.277 e. The molecular weight excluding hydrogens is 316 g/mol. The fourth-order valence-electron chi connectivity index (χ4n) is 2.47. The first-order chi connectivity index (χ1) is 11.1. The summed E-state index contributed by atoms with van der Waals surface area (Å²) in [7, 11) is 0. The molecule has 0 radical (unpaired) electrons. The Balaban J connectivity index is 1.88. The number of amides is 4. The number of hydrogen-bond acceptors (Lipinski definition) is 3.